The predicted octanol–water partition coefficient (Wildman–Crippen LogP) is 5.46. The van der Waals surface area contributed by atoms with Crippen LogP contribution in [-0.4, -0.2) is 33.2 Å². The molecular weight excluding hydrogens is 488 g/mol. The second-order valence-corrected chi connectivity index (χ2v) is 11.2. The number of hydrogen-bond donors (Lipinski definition) is 1. The maximum absolute atomic E-state index is 13.4. The highest BCUT2D eigenvalue weighted by Gasteiger charge is 2.27. The van der Waals surface area contributed by atoms with Crippen LogP contribution in [0.2, 0.25) is 5.02 Å². The topological polar surface area (TPSA) is 66.5 Å². The first-order chi connectivity index (χ1) is 16.3. The molecule has 8 heteroatoms. The number of benzene rings is 3. The third-order valence-corrected chi connectivity index (χ3v) is 8.48. The number of hydrogen-bond acceptors (Lipinski definition) is 4. The van der Waals surface area contributed by atoms with Crippen molar-refractivity contribution in [3.63, 3.8) is 0 Å². The van der Waals surface area contributed by atoms with Gasteiger partial charge in [-0.05, 0) is 54.8 Å². The fourth-order valence-corrected chi connectivity index (χ4v) is 5.86. The molecule has 34 heavy (non-hydrogen) atoms. The highest BCUT2D eigenvalue weighted by atomic mass is 35.5. The van der Waals surface area contributed by atoms with Gasteiger partial charge in [-0.3, -0.25) is 9.10 Å². The Balaban J connectivity index is 1.66. The summed E-state index contributed by atoms with van der Waals surface area (Å²) in [5, 5.41) is 3.57. The third-order valence-electron chi connectivity index (χ3n) is 5.31. The van der Waals surface area contributed by atoms with Gasteiger partial charge in [-0.25, -0.2) is 8.42 Å². The van der Waals surface area contributed by atoms with Gasteiger partial charge in [0, 0.05) is 23.1 Å². The van der Waals surface area contributed by atoms with E-state index in [2.05, 4.69) is 5.32 Å². The van der Waals surface area contributed by atoms with Crippen molar-refractivity contribution in [2.75, 3.05) is 23.1 Å². The van der Waals surface area contributed by atoms with E-state index < -0.39 is 10.0 Å². The summed E-state index contributed by atoms with van der Waals surface area (Å²) in [7, 11) is -3.91. The van der Waals surface area contributed by atoms with Gasteiger partial charge in [-0.15, -0.1) is 0 Å². The van der Waals surface area contributed by atoms with Crippen molar-refractivity contribution >= 4 is 45.0 Å². The molecule has 3 aromatic rings. The largest absolute Gasteiger partial charge is 0.354 e. The van der Waals surface area contributed by atoms with Crippen LogP contribution in [0.1, 0.15) is 23.6 Å². The normalized spacial score (nSPS) is 11.3. The molecule has 0 spiro atoms. The first kappa shape index (κ1) is 26.1. The van der Waals surface area contributed by atoms with E-state index in [1.54, 1.807) is 48.2 Å². The Morgan fingerprint density at radius 2 is 1.68 bits per heavy atom. The second kappa shape index (κ2) is 12.3. The molecule has 0 fully saturated rings. The van der Waals surface area contributed by atoms with Crippen LogP contribution in [0.3, 0.4) is 0 Å². The average Bonchev–Trinajstić information content (AvgIpc) is 2.83. The summed E-state index contributed by atoms with van der Waals surface area (Å²) in [6.07, 6.45) is 0.845. The maximum atomic E-state index is 13.4. The van der Waals surface area contributed by atoms with Gasteiger partial charge in [0.2, 0.25) is 5.91 Å². The number of thioether (sulfide) groups is 1. The Labute approximate surface area is 211 Å². The predicted molar refractivity (Wildman–Crippen MR) is 142 cm³/mol. The lowest BCUT2D eigenvalue weighted by Crippen LogP contribution is -2.41. The number of amides is 1. The fraction of sp³-hybridized carbons (Fsp3) is 0.269. The van der Waals surface area contributed by atoms with E-state index in [0.717, 1.165) is 33.9 Å². The standard InChI is InChI=1S/C26H29ClN2O3S2/c1-3-21-10-12-23(13-11-21)29(34(31,32)24-14-8-20(2)9-15-24)18-26(30)28-16-17-33-19-22-6-4-5-7-25(22)27/h4-15H,3,16-19H2,1-2H3,(H,28,30). The minimum Gasteiger partial charge on any atom is -0.354 e. The zero-order valence-electron chi connectivity index (χ0n) is 19.3. The quantitative estimate of drug-likeness (QED) is 0.344. The lowest BCUT2D eigenvalue weighted by Gasteiger charge is -2.24. The number of carbonyl (C=O) groups is 1. The maximum Gasteiger partial charge on any atom is 0.264 e. The number of nitrogens with one attached hydrogen (secondary N) is 1. The van der Waals surface area contributed by atoms with Crippen molar-refractivity contribution in [2.24, 2.45) is 0 Å². The molecule has 0 aliphatic heterocycles. The first-order valence-corrected chi connectivity index (χ1v) is 14.0. The summed E-state index contributed by atoms with van der Waals surface area (Å²) in [6.45, 7) is 4.07. The first-order valence-electron chi connectivity index (χ1n) is 11.1. The molecule has 0 saturated carbocycles. The van der Waals surface area contributed by atoms with Crippen LogP contribution in [0, 0.1) is 6.92 Å². The lowest BCUT2D eigenvalue weighted by atomic mass is 10.1. The van der Waals surface area contributed by atoms with Crippen molar-refractivity contribution < 1.29 is 13.2 Å². The van der Waals surface area contributed by atoms with Gasteiger partial charge in [-0.1, -0.05) is 66.6 Å². The molecule has 0 bridgehead atoms. The smallest absolute Gasteiger partial charge is 0.264 e. The van der Waals surface area contributed by atoms with Crippen LogP contribution in [0.5, 0.6) is 0 Å². The van der Waals surface area contributed by atoms with Crippen LogP contribution in [0.15, 0.2) is 77.7 Å². The Hall–Kier alpha value is -2.48. The second-order valence-electron chi connectivity index (χ2n) is 7.84. The summed E-state index contributed by atoms with van der Waals surface area (Å²) in [4.78, 5) is 12.9. The van der Waals surface area contributed by atoms with Gasteiger partial charge in [0.15, 0.2) is 0 Å². The van der Waals surface area contributed by atoms with Gasteiger partial charge in [0.05, 0.1) is 10.6 Å². The summed E-state index contributed by atoms with van der Waals surface area (Å²) in [5.41, 5.74) is 3.56. The van der Waals surface area contributed by atoms with Gasteiger partial charge in [0.25, 0.3) is 10.0 Å². The van der Waals surface area contributed by atoms with E-state index in [9.17, 15) is 13.2 Å². The molecule has 0 aliphatic rings. The zero-order valence-corrected chi connectivity index (χ0v) is 21.7. The molecule has 0 radical (unpaired) electrons. The molecule has 1 N–H and O–H groups in total. The van der Waals surface area contributed by atoms with Crippen LogP contribution >= 0.6 is 23.4 Å². The van der Waals surface area contributed by atoms with E-state index in [4.69, 9.17) is 11.6 Å². The average molecular weight is 517 g/mol. The van der Waals surface area contributed by atoms with Gasteiger partial charge in [-0.2, -0.15) is 11.8 Å². The number of rotatable bonds is 11. The summed E-state index contributed by atoms with van der Waals surface area (Å²) < 4.78 is 28.0. The molecule has 1 amide bonds. The zero-order chi connectivity index (χ0) is 24.6. The molecular formula is C26H29ClN2O3S2. The lowest BCUT2D eigenvalue weighted by molar-refractivity contribution is -0.119. The molecule has 0 aliphatic carbocycles. The molecule has 3 aromatic carbocycles. The van der Waals surface area contributed by atoms with Gasteiger partial charge >= 0.3 is 0 Å². The van der Waals surface area contributed by atoms with Crippen LogP contribution in [0.25, 0.3) is 0 Å². The molecule has 0 atom stereocenters. The van der Waals surface area contributed by atoms with Crippen molar-refractivity contribution in [2.45, 2.75) is 30.9 Å². The molecule has 0 aromatic heterocycles. The Bertz CT molecular complexity index is 1200. The fourth-order valence-electron chi connectivity index (χ4n) is 3.30. The van der Waals surface area contributed by atoms with Crippen molar-refractivity contribution in [1.29, 1.82) is 0 Å². The van der Waals surface area contributed by atoms with Crippen molar-refractivity contribution in [3.8, 4) is 0 Å². The summed E-state index contributed by atoms with van der Waals surface area (Å²) in [6, 6.07) is 21.6. The third kappa shape index (κ3) is 7.01. The molecule has 3 rings (SSSR count). The van der Waals surface area contributed by atoms with E-state index in [1.165, 1.54) is 4.31 Å². The number of sulfonamides is 1. The van der Waals surface area contributed by atoms with Crippen molar-refractivity contribution in [3.05, 3.63) is 94.5 Å². The Kier molecular flexibility index (Phi) is 9.45. The molecule has 0 unspecified atom stereocenters. The number of nitrogens with zero attached hydrogens (tertiary/aromatic N) is 1. The van der Waals surface area contributed by atoms with Crippen LogP contribution in [-0.2, 0) is 27.0 Å². The Morgan fingerprint density at radius 1 is 1.00 bits per heavy atom. The summed E-state index contributed by atoms with van der Waals surface area (Å²) >= 11 is 7.83. The molecule has 5 nitrogen and oxygen atoms in total. The number of anilines is 1. The van der Waals surface area contributed by atoms with Crippen molar-refractivity contribution in [1.82, 2.24) is 5.32 Å². The summed E-state index contributed by atoms with van der Waals surface area (Å²) in [5.74, 6) is 1.08. The van der Waals surface area contributed by atoms with E-state index >= 15 is 0 Å². The number of carbonyl (C=O) groups excluding carboxylic acids is 1. The number of aryl methyl sites for hydroxylation is 2. The molecule has 0 saturated heterocycles. The van der Waals surface area contributed by atoms with Gasteiger partial charge in [0.1, 0.15) is 6.54 Å². The van der Waals surface area contributed by atoms with E-state index in [1.807, 2.05) is 50.2 Å². The van der Waals surface area contributed by atoms with Crippen LogP contribution < -0.4 is 9.62 Å². The van der Waals surface area contributed by atoms with E-state index in [-0.39, 0.29) is 17.3 Å². The van der Waals surface area contributed by atoms with Gasteiger partial charge < -0.3 is 5.32 Å². The van der Waals surface area contributed by atoms with E-state index in [0.29, 0.717) is 18.0 Å². The molecule has 0 heterocycles. The minimum atomic E-state index is -3.91. The highest BCUT2D eigenvalue weighted by molar-refractivity contribution is 7.98. The van der Waals surface area contributed by atoms with Crippen LogP contribution in [0.4, 0.5) is 5.69 Å². The number of halogens is 1. The molecule has 180 valence electrons. The monoisotopic (exact) mass is 516 g/mol. The minimum absolute atomic E-state index is 0.153. The highest BCUT2D eigenvalue weighted by Crippen LogP contribution is 2.25. The Morgan fingerprint density at radius 3 is 2.32 bits per heavy atom. The SMILES string of the molecule is CCc1ccc(N(CC(=O)NCCSCc2ccccc2Cl)S(=O)(=O)c2ccc(C)cc2)cc1.